The van der Waals surface area contributed by atoms with Crippen molar-refractivity contribution in [2.75, 3.05) is 19.0 Å². The highest BCUT2D eigenvalue weighted by atomic mass is 32.2. The number of hydrogen-bond donors (Lipinski definition) is 4. The van der Waals surface area contributed by atoms with Crippen LogP contribution in [-0.2, 0) is 38.7 Å². The van der Waals surface area contributed by atoms with E-state index in [0.29, 0.717) is 12.8 Å². The fourth-order valence-electron chi connectivity index (χ4n) is 7.51. The van der Waals surface area contributed by atoms with Crippen molar-refractivity contribution in [1.29, 1.82) is 0 Å². The molecule has 6 atom stereocenters. The molecule has 0 aromatic heterocycles. The van der Waals surface area contributed by atoms with Gasteiger partial charge in [0.1, 0.15) is 36.8 Å². The molecule has 64 heavy (non-hydrogen) atoms. The lowest BCUT2D eigenvalue weighted by molar-refractivity contribution is -0.297. The summed E-state index contributed by atoms with van der Waals surface area (Å²) in [6.45, 7) is 3.63. The number of allylic oxidation sites excluding steroid dienone is 8. The molecule has 6 unspecified atom stereocenters. The van der Waals surface area contributed by atoms with E-state index in [2.05, 4.69) is 62.5 Å². The van der Waals surface area contributed by atoms with Crippen LogP contribution < -0.4 is 0 Å². The Morgan fingerprint density at radius 1 is 0.547 bits per heavy atom. The lowest BCUT2D eigenvalue weighted by atomic mass is 10.00. The maximum atomic E-state index is 12.8. The van der Waals surface area contributed by atoms with E-state index in [1.165, 1.54) is 109 Å². The summed E-state index contributed by atoms with van der Waals surface area (Å²) < 4.78 is 54.1. The maximum Gasteiger partial charge on any atom is 0.306 e. The molecule has 0 aliphatic carbocycles. The number of aliphatic hydroxyl groups excluding tert-OH is 3. The SMILES string of the molecule is CC/C=C\C/C=C\C/C=C\CCCCCC(=O)OC(COC(=O)CCCCCCCCCCCCC/C=C\CCCCCCCCCC)COC1OC(CS(=O)(=O)O)C(O)C(O)C1O. The molecule has 0 aromatic carbocycles. The van der Waals surface area contributed by atoms with Crippen molar-refractivity contribution >= 4 is 22.1 Å². The topological polar surface area (TPSA) is 186 Å². The minimum atomic E-state index is -4.61. The van der Waals surface area contributed by atoms with Crippen LogP contribution in [0.3, 0.4) is 0 Å². The van der Waals surface area contributed by atoms with E-state index in [1.807, 2.05) is 0 Å². The van der Waals surface area contributed by atoms with Crippen LogP contribution in [0.4, 0.5) is 0 Å². The van der Waals surface area contributed by atoms with Gasteiger partial charge in [0.2, 0.25) is 0 Å². The van der Waals surface area contributed by atoms with E-state index in [4.69, 9.17) is 18.9 Å². The second kappa shape index (κ2) is 40.8. The molecule has 1 saturated heterocycles. The molecule has 1 rings (SSSR count). The fraction of sp³-hybridized carbons (Fsp3) is 0.804. The Kier molecular flexibility index (Phi) is 38.1. The lowest BCUT2D eigenvalue weighted by Crippen LogP contribution is -2.60. The van der Waals surface area contributed by atoms with Gasteiger partial charge in [-0.05, 0) is 70.6 Å². The van der Waals surface area contributed by atoms with Crippen LogP contribution in [0, 0.1) is 0 Å². The van der Waals surface area contributed by atoms with Crippen LogP contribution in [-0.4, -0.2) is 96.0 Å². The van der Waals surface area contributed by atoms with Gasteiger partial charge in [-0.15, -0.1) is 0 Å². The first kappa shape index (κ1) is 59.6. The first-order valence-electron chi connectivity index (χ1n) is 25.2. The number of ether oxygens (including phenoxy) is 4. The summed E-state index contributed by atoms with van der Waals surface area (Å²) in [5.41, 5.74) is 0. The Balaban J connectivity index is 2.34. The highest BCUT2D eigenvalue weighted by molar-refractivity contribution is 7.85. The summed E-state index contributed by atoms with van der Waals surface area (Å²) in [6, 6.07) is 0. The van der Waals surface area contributed by atoms with E-state index in [1.54, 1.807) is 0 Å². The van der Waals surface area contributed by atoms with Gasteiger partial charge in [0.15, 0.2) is 12.4 Å². The van der Waals surface area contributed by atoms with Crippen molar-refractivity contribution in [1.82, 2.24) is 0 Å². The average molecular weight is 927 g/mol. The Morgan fingerprint density at radius 3 is 1.50 bits per heavy atom. The summed E-state index contributed by atoms with van der Waals surface area (Å²) in [7, 11) is -4.61. The van der Waals surface area contributed by atoms with E-state index in [9.17, 15) is 37.9 Å². The minimum Gasteiger partial charge on any atom is -0.462 e. The van der Waals surface area contributed by atoms with Crippen LogP contribution in [0.15, 0.2) is 48.6 Å². The van der Waals surface area contributed by atoms with Crippen LogP contribution in [0.1, 0.15) is 206 Å². The van der Waals surface area contributed by atoms with Crippen molar-refractivity contribution < 1.29 is 56.8 Å². The molecule has 1 aliphatic rings. The minimum absolute atomic E-state index is 0.128. The molecule has 1 fully saturated rings. The van der Waals surface area contributed by atoms with Crippen LogP contribution in [0.25, 0.3) is 0 Å². The number of unbranched alkanes of at least 4 members (excludes halogenated alkanes) is 22. The molecule has 0 spiro atoms. The zero-order valence-corrected chi connectivity index (χ0v) is 40.7. The number of hydrogen-bond acceptors (Lipinski definition) is 11. The highest BCUT2D eigenvalue weighted by Crippen LogP contribution is 2.24. The van der Waals surface area contributed by atoms with Crippen LogP contribution in [0.5, 0.6) is 0 Å². The molecule has 1 aliphatic heterocycles. The number of carbonyl (C=O) groups excluding carboxylic acids is 2. The van der Waals surface area contributed by atoms with Gasteiger partial charge in [0, 0.05) is 12.8 Å². The third-order valence-corrected chi connectivity index (χ3v) is 12.1. The second-order valence-corrected chi connectivity index (χ2v) is 18.9. The zero-order valence-electron chi connectivity index (χ0n) is 39.9. The molecule has 12 nitrogen and oxygen atoms in total. The zero-order chi connectivity index (χ0) is 46.9. The van der Waals surface area contributed by atoms with Crippen molar-refractivity contribution in [3.8, 4) is 0 Å². The summed E-state index contributed by atoms with van der Waals surface area (Å²) in [5.74, 6) is -2.02. The summed E-state index contributed by atoms with van der Waals surface area (Å²) in [6.07, 6.45) is 40.3. The Labute approximate surface area is 388 Å². The predicted octanol–water partition coefficient (Wildman–Crippen LogP) is 11.1. The summed E-state index contributed by atoms with van der Waals surface area (Å²) in [4.78, 5) is 25.5. The molecule has 0 radical (unpaired) electrons. The Bertz CT molecular complexity index is 1360. The van der Waals surface area contributed by atoms with Gasteiger partial charge in [-0.3, -0.25) is 14.1 Å². The molecule has 0 aromatic rings. The molecular weight excluding hydrogens is 837 g/mol. The molecule has 4 N–H and O–H groups in total. The van der Waals surface area contributed by atoms with E-state index < -0.39 is 71.2 Å². The third-order valence-electron chi connectivity index (χ3n) is 11.4. The average Bonchev–Trinajstić information content (AvgIpc) is 3.26. The predicted molar refractivity (Wildman–Crippen MR) is 256 cm³/mol. The number of esters is 2. The number of rotatable bonds is 42. The third kappa shape index (κ3) is 34.9. The fourth-order valence-corrected chi connectivity index (χ4v) is 8.20. The van der Waals surface area contributed by atoms with E-state index in [0.717, 1.165) is 57.8 Å². The summed E-state index contributed by atoms with van der Waals surface area (Å²) >= 11 is 0. The molecule has 0 amide bonds. The Hall–Kier alpha value is -2.39. The van der Waals surface area contributed by atoms with Crippen molar-refractivity contribution in [2.45, 2.75) is 243 Å². The molecule has 372 valence electrons. The van der Waals surface area contributed by atoms with Gasteiger partial charge in [-0.2, -0.15) is 8.42 Å². The largest absolute Gasteiger partial charge is 0.462 e. The molecule has 0 saturated carbocycles. The molecule has 1 heterocycles. The van der Waals surface area contributed by atoms with E-state index in [-0.39, 0.29) is 19.4 Å². The lowest BCUT2D eigenvalue weighted by Gasteiger charge is -2.40. The molecule has 13 heteroatoms. The van der Waals surface area contributed by atoms with Crippen LogP contribution >= 0.6 is 0 Å². The number of aliphatic hydroxyl groups is 3. The van der Waals surface area contributed by atoms with Gasteiger partial charge in [-0.1, -0.05) is 172 Å². The monoisotopic (exact) mass is 927 g/mol. The van der Waals surface area contributed by atoms with Crippen molar-refractivity contribution in [2.24, 2.45) is 0 Å². The quantitative estimate of drug-likeness (QED) is 0.0197. The first-order valence-corrected chi connectivity index (χ1v) is 26.8. The van der Waals surface area contributed by atoms with Gasteiger partial charge in [-0.25, -0.2) is 0 Å². The molecule has 0 bridgehead atoms. The first-order chi connectivity index (χ1) is 31.0. The molecular formula is C51H90O12S. The normalized spacial score (nSPS) is 20.0. The summed E-state index contributed by atoms with van der Waals surface area (Å²) in [5, 5.41) is 30.9. The second-order valence-electron chi connectivity index (χ2n) is 17.4. The van der Waals surface area contributed by atoms with Crippen molar-refractivity contribution in [3.63, 3.8) is 0 Å². The van der Waals surface area contributed by atoms with Gasteiger partial charge >= 0.3 is 11.9 Å². The van der Waals surface area contributed by atoms with Crippen molar-refractivity contribution in [3.05, 3.63) is 48.6 Å². The van der Waals surface area contributed by atoms with Gasteiger partial charge in [0.25, 0.3) is 10.1 Å². The smallest absolute Gasteiger partial charge is 0.306 e. The van der Waals surface area contributed by atoms with Gasteiger partial charge < -0.3 is 34.3 Å². The Morgan fingerprint density at radius 2 is 0.984 bits per heavy atom. The van der Waals surface area contributed by atoms with Crippen LogP contribution in [0.2, 0.25) is 0 Å². The van der Waals surface area contributed by atoms with Gasteiger partial charge in [0.05, 0.1) is 6.61 Å². The standard InChI is InChI=1S/C51H90O12S/c1-3-5-7-9-11-13-15-17-18-19-20-21-22-23-24-25-26-28-29-31-33-35-37-39-46(52)60-41-44(42-61-51-50(56)49(55)48(54)45(63-51)43-64(57,58)59)62-47(53)40-38-36-34-32-30-27-16-14-12-10-8-6-4-2/h6,8,12,14,19-20,27,30,44-45,48-51,54-56H,3-5,7,9-11,13,15-18,21-26,28-29,31-43H2,1-2H3,(H,57,58,59)/b8-6-,14-12-,20-19-,30-27-. The maximum absolute atomic E-state index is 12.8. The number of carbonyl (C=O) groups is 2. The highest BCUT2D eigenvalue weighted by Gasteiger charge is 2.46. The van der Waals surface area contributed by atoms with E-state index >= 15 is 0 Å².